The highest BCUT2D eigenvalue weighted by atomic mass is 16.5. The van der Waals surface area contributed by atoms with Gasteiger partial charge in [-0.3, -0.25) is 14.6 Å². The highest BCUT2D eigenvalue weighted by Crippen LogP contribution is 2.43. The molecule has 0 fully saturated rings. The van der Waals surface area contributed by atoms with E-state index < -0.39 is 11.8 Å². The summed E-state index contributed by atoms with van der Waals surface area (Å²) < 4.78 is 11.0. The largest absolute Gasteiger partial charge is 0.469 e. The number of esters is 1. The van der Waals surface area contributed by atoms with Crippen LogP contribution in [-0.2, 0) is 14.3 Å². The Hall–Kier alpha value is -2.17. The van der Waals surface area contributed by atoms with Crippen LogP contribution in [0.15, 0.2) is 39.1 Å². The number of nitrogens with zero attached hydrogens (tertiary/aromatic N) is 1. The molecule has 2 atom stereocenters. The van der Waals surface area contributed by atoms with Crippen molar-refractivity contribution in [2.45, 2.75) is 52.1 Å². The minimum absolute atomic E-state index is 0.0613. The Bertz CT molecular complexity index is 682. The predicted octanol–water partition coefficient (Wildman–Crippen LogP) is 3.41. The Balaban J connectivity index is 2.09. The van der Waals surface area contributed by atoms with Gasteiger partial charge in [0.25, 0.3) is 0 Å². The molecule has 3 rings (SSSR count). The van der Waals surface area contributed by atoms with Crippen molar-refractivity contribution in [2.24, 2.45) is 10.9 Å². The molecule has 5 nitrogen and oxygen atoms in total. The lowest BCUT2D eigenvalue weighted by Gasteiger charge is -2.33. The van der Waals surface area contributed by atoms with Crippen LogP contribution in [0.25, 0.3) is 0 Å². The first-order valence-electron chi connectivity index (χ1n) is 8.04. The number of rotatable bonds is 3. The van der Waals surface area contributed by atoms with Gasteiger partial charge in [0.1, 0.15) is 11.7 Å². The molecule has 1 aromatic rings. The number of furan rings is 1. The summed E-state index contributed by atoms with van der Waals surface area (Å²) in [6.45, 7) is 5.45. The molecule has 0 saturated carbocycles. The summed E-state index contributed by atoms with van der Waals surface area (Å²) in [5.74, 6) is -0.715. The molecule has 0 N–H and O–H groups in total. The average molecular weight is 315 g/mol. The van der Waals surface area contributed by atoms with E-state index in [-0.39, 0.29) is 17.9 Å². The Morgan fingerprint density at radius 3 is 2.83 bits per heavy atom. The quantitative estimate of drug-likeness (QED) is 0.802. The molecule has 2 heterocycles. The SMILES string of the molecule is CC1=NC2=C(C(=O)CCC2)[C@@H](c2ccco2)C1C(=O)OC(C)C. The molecule has 0 bridgehead atoms. The minimum atomic E-state index is -0.607. The van der Waals surface area contributed by atoms with Gasteiger partial charge in [-0.05, 0) is 45.7 Å². The number of carbonyl (C=O) groups is 2. The van der Waals surface area contributed by atoms with Crippen molar-refractivity contribution in [3.8, 4) is 0 Å². The van der Waals surface area contributed by atoms with Gasteiger partial charge in [-0.25, -0.2) is 0 Å². The van der Waals surface area contributed by atoms with Gasteiger partial charge < -0.3 is 9.15 Å². The number of hydrogen-bond donors (Lipinski definition) is 0. The fourth-order valence-corrected chi connectivity index (χ4v) is 3.39. The van der Waals surface area contributed by atoms with E-state index in [4.69, 9.17) is 9.15 Å². The van der Waals surface area contributed by atoms with Crippen LogP contribution in [0.2, 0.25) is 0 Å². The maximum absolute atomic E-state index is 12.6. The Labute approximate surface area is 135 Å². The summed E-state index contributed by atoms with van der Waals surface area (Å²) in [5, 5.41) is 0. The molecule has 2 aliphatic rings. The lowest BCUT2D eigenvalue weighted by molar-refractivity contribution is -0.150. The first-order chi connectivity index (χ1) is 11.0. The van der Waals surface area contributed by atoms with Crippen LogP contribution in [0.5, 0.6) is 0 Å². The van der Waals surface area contributed by atoms with Crippen molar-refractivity contribution in [1.29, 1.82) is 0 Å². The van der Waals surface area contributed by atoms with Crippen LogP contribution in [0, 0.1) is 5.92 Å². The summed E-state index contributed by atoms with van der Waals surface area (Å²) >= 11 is 0. The van der Waals surface area contributed by atoms with E-state index in [1.165, 1.54) is 0 Å². The van der Waals surface area contributed by atoms with Crippen molar-refractivity contribution in [3.63, 3.8) is 0 Å². The zero-order valence-electron chi connectivity index (χ0n) is 13.7. The van der Waals surface area contributed by atoms with Gasteiger partial charge in [-0.15, -0.1) is 0 Å². The van der Waals surface area contributed by atoms with E-state index in [1.54, 1.807) is 12.3 Å². The highest BCUT2D eigenvalue weighted by molar-refractivity contribution is 6.08. The second-order valence-corrected chi connectivity index (χ2v) is 6.35. The van der Waals surface area contributed by atoms with Crippen molar-refractivity contribution >= 4 is 17.5 Å². The Morgan fingerprint density at radius 2 is 2.17 bits per heavy atom. The number of aliphatic imine (C=N–C) groups is 1. The number of carbonyl (C=O) groups excluding carboxylic acids is 2. The minimum Gasteiger partial charge on any atom is -0.469 e. The molecular formula is C18H21NO4. The smallest absolute Gasteiger partial charge is 0.316 e. The number of ketones is 1. The van der Waals surface area contributed by atoms with Gasteiger partial charge in [0.2, 0.25) is 0 Å². The van der Waals surface area contributed by atoms with E-state index in [0.717, 1.165) is 18.5 Å². The van der Waals surface area contributed by atoms with E-state index in [9.17, 15) is 9.59 Å². The van der Waals surface area contributed by atoms with Crippen LogP contribution < -0.4 is 0 Å². The van der Waals surface area contributed by atoms with Crippen LogP contribution in [0.3, 0.4) is 0 Å². The molecule has 0 aromatic carbocycles. The Morgan fingerprint density at radius 1 is 1.39 bits per heavy atom. The van der Waals surface area contributed by atoms with Crippen molar-refractivity contribution in [1.82, 2.24) is 0 Å². The molecule has 23 heavy (non-hydrogen) atoms. The summed E-state index contributed by atoms with van der Waals surface area (Å²) in [6, 6.07) is 3.58. The zero-order valence-corrected chi connectivity index (χ0v) is 13.7. The fraction of sp³-hybridized carbons (Fsp3) is 0.500. The van der Waals surface area contributed by atoms with Gasteiger partial charge in [0.15, 0.2) is 5.78 Å². The van der Waals surface area contributed by atoms with Crippen molar-refractivity contribution in [3.05, 3.63) is 35.4 Å². The van der Waals surface area contributed by atoms with Gasteiger partial charge in [-0.1, -0.05) is 0 Å². The summed E-state index contributed by atoms with van der Waals surface area (Å²) in [7, 11) is 0. The third-order valence-electron chi connectivity index (χ3n) is 4.29. The summed E-state index contributed by atoms with van der Waals surface area (Å²) in [6.07, 6.45) is 3.41. The molecular weight excluding hydrogens is 294 g/mol. The van der Waals surface area contributed by atoms with Crippen LogP contribution in [0.4, 0.5) is 0 Å². The highest BCUT2D eigenvalue weighted by Gasteiger charge is 2.44. The first kappa shape index (κ1) is 15.7. The third-order valence-corrected chi connectivity index (χ3v) is 4.29. The summed E-state index contributed by atoms with van der Waals surface area (Å²) in [4.78, 5) is 29.7. The molecule has 122 valence electrons. The standard InChI is InChI=1S/C18H21NO4/c1-10(2)23-18(21)15-11(3)19-12-6-4-7-13(20)16(12)17(15)14-8-5-9-22-14/h5,8-10,15,17H,4,6-7H2,1-3H3/t15?,17-/m0/s1. The van der Waals surface area contributed by atoms with Crippen molar-refractivity contribution in [2.75, 3.05) is 0 Å². The Kier molecular flexibility index (Phi) is 4.20. The van der Waals surface area contributed by atoms with E-state index >= 15 is 0 Å². The number of Topliss-reactive ketones (excluding diaryl/α,β-unsaturated/α-hetero) is 1. The lowest BCUT2D eigenvalue weighted by atomic mass is 9.74. The second-order valence-electron chi connectivity index (χ2n) is 6.35. The predicted molar refractivity (Wildman–Crippen MR) is 85.2 cm³/mol. The van der Waals surface area contributed by atoms with Gasteiger partial charge in [0, 0.05) is 23.4 Å². The fourth-order valence-electron chi connectivity index (χ4n) is 3.39. The zero-order chi connectivity index (χ0) is 16.6. The molecule has 0 saturated heterocycles. The van der Waals surface area contributed by atoms with Gasteiger partial charge in [0.05, 0.1) is 18.3 Å². The number of hydrogen-bond acceptors (Lipinski definition) is 5. The van der Waals surface area contributed by atoms with Crippen LogP contribution in [0.1, 0.15) is 51.7 Å². The monoisotopic (exact) mass is 315 g/mol. The van der Waals surface area contributed by atoms with E-state index in [2.05, 4.69) is 4.99 Å². The molecule has 0 radical (unpaired) electrons. The molecule has 1 aliphatic carbocycles. The number of ether oxygens (including phenoxy) is 1. The van der Waals surface area contributed by atoms with E-state index in [1.807, 2.05) is 26.8 Å². The van der Waals surface area contributed by atoms with Crippen LogP contribution in [-0.4, -0.2) is 23.6 Å². The molecule has 1 aliphatic heterocycles. The maximum Gasteiger partial charge on any atom is 0.316 e. The topological polar surface area (TPSA) is 68.9 Å². The maximum atomic E-state index is 12.6. The third kappa shape index (κ3) is 2.87. The number of allylic oxidation sites excluding steroid dienone is 2. The molecule has 1 unspecified atom stereocenters. The van der Waals surface area contributed by atoms with Crippen molar-refractivity contribution < 1.29 is 18.7 Å². The van der Waals surface area contributed by atoms with E-state index in [0.29, 0.717) is 23.5 Å². The molecule has 5 heteroatoms. The molecule has 0 spiro atoms. The molecule has 0 amide bonds. The summed E-state index contributed by atoms with van der Waals surface area (Å²) in [5.41, 5.74) is 2.11. The van der Waals surface area contributed by atoms with Gasteiger partial charge in [-0.2, -0.15) is 0 Å². The van der Waals surface area contributed by atoms with Gasteiger partial charge >= 0.3 is 5.97 Å². The normalized spacial score (nSPS) is 24.5. The van der Waals surface area contributed by atoms with Crippen LogP contribution >= 0.6 is 0 Å². The lowest BCUT2D eigenvalue weighted by Crippen LogP contribution is -2.37. The first-order valence-corrected chi connectivity index (χ1v) is 8.04. The second kappa shape index (κ2) is 6.14. The molecule has 1 aromatic heterocycles. The average Bonchev–Trinajstić information content (AvgIpc) is 2.99.